The third-order valence-corrected chi connectivity index (χ3v) is 6.34. The molecule has 0 spiro atoms. The lowest BCUT2D eigenvalue weighted by Crippen LogP contribution is -2.07. The summed E-state index contributed by atoms with van der Waals surface area (Å²) in [7, 11) is 2.90. The Morgan fingerprint density at radius 2 is 1.33 bits per heavy atom. The van der Waals surface area contributed by atoms with Crippen molar-refractivity contribution < 1.29 is 0 Å². The molecular formula is C27H41Cl2P. The average Bonchev–Trinajstić information content (AvgIpc) is 2.67. The van der Waals surface area contributed by atoms with Crippen LogP contribution >= 0.6 is 32.4 Å². The summed E-state index contributed by atoms with van der Waals surface area (Å²) in [5.74, 6) is 2.38. The third kappa shape index (κ3) is 8.53. The number of alkyl halides is 2. The Labute approximate surface area is 198 Å². The molecule has 3 heteroatoms. The highest BCUT2D eigenvalue weighted by Crippen LogP contribution is 2.38. The van der Waals surface area contributed by atoms with Gasteiger partial charge in [0.25, 0.3) is 0 Å². The summed E-state index contributed by atoms with van der Waals surface area (Å²) in [4.78, 5) is 0. The zero-order valence-electron chi connectivity index (χ0n) is 19.9. The minimum atomic E-state index is 0.318. The molecule has 0 aliphatic carbocycles. The van der Waals surface area contributed by atoms with Gasteiger partial charge in [-0.1, -0.05) is 84.4 Å². The molecule has 0 heterocycles. The maximum atomic E-state index is 5.67. The molecule has 0 aliphatic heterocycles. The van der Waals surface area contributed by atoms with Crippen LogP contribution in [0.5, 0.6) is 0 Å². The Kier molecular flexibility index (Phi) is 12.6. The maximum Gasteiger partial charge on any atom is 0.0307 e. The van der Waals surface area contributed by atoms with Gasteiger partial charge < -0.3 is 0 Å². The summed E-state index contributed by atoms with van der Waals surface area (Å²) in [5, 5.41) is 1.60. The molecule has 0 saturated heterocycles. The van der Waals surface area contributed by atoms with Crippen molar-refractivity contribution in [1.29, 1.82) is 0 Å². The second-order valence-corrected chi connectivity index (χ2v) is 10.8. The number of halogens is 2. The first-order chi connectivity index (χ1) is 14.1. The van der Waals surface area contributed by atoms with Crippen LogP contribution < -0.4 is 5.30 Å². The van der Waals surface area contributed by atoms with E-state index in [0.717, 1.165) is 25.1 Å². The van der Waals surface area contributed by atoms with Crippen molar-refractivity contribution >= 4 is 37.7 Å². The number of hydrogen-bond donors (Lipinski definition) is 0. The molecule has 30 heavy (non-hydrogen) atoms. The number of hydrogen-bond acceptors (Lipinski definition) is 0. The fourth-order valence-electron chi connectivity index (χ4n) is 3.51. The summed E-state index contributed by atoms with van der Waals surface area (Å²) in [6.45, 7) is 15.8. The van der Waals surface area contributed by atoms with Crippen LogP contribution in [0.4, 0.5) is 0 Å². The molecule has 2 aromatic carbocycles. The van der Waals surface area contributed by atoms with Gasteiger partial charge in [-0.05, 0) is 70.6 Å². The van der Waals surface area contributed by atoms with E-state index in [1.54, 1.807) is 0 Å². The van der Waals surface area contributed by atoms with E-state index in [-0.39, 0.29) is 0 Å². The van der Waals surface area contributed by atoms with Crippen molar-refractivity contribution in [1.82, 2.24) is 0 Å². The van der Waals surface area contributed by atoms with Crippen molar-refractivity contribution in [2.45, 2.75) is 90.9 Å². The van der Waals surface area contributed by atoms with Crippen molar-refractivity contribution in [2.75, 3.05) is 5.88 Å². The highest BCUT2D eigenvalue weighted by molar-refractivity contribution is 7.28. The van der Waals surface area contributed by atoms with Gasteiger partial charge in [-0.2, -0.15) is 0 Å². The van der Waals surface area contributed by atoms with Gasteiger partial charge in [0, 0.05) is 11.3 Å². The first-order valence-electron chi connectivity index (χ1n) is 11.3. The molecule has 0 radical (unpaired) electrons. The lowest BCUT2D eigenvalue weighted by Gasteiger charge is -2.24. The number of unbranched alkanes of at least 4 members (excludes halogenated alkanes) is 1. The van der Waals surface area contributed by atoms with E-state index >= 15 is 0 Å². The van der Waals surface area contributed by atoms with Gasteiger partial charge in [-0.25, -0.2) is 0 Å². The third-order valence-electron chi connectivity index (χ3n) is 5.35. The highest BCUT2D eigenvalue weighted by atomic mass is 35.5. The molecule has 0 saturated carbocycles. The van der Waals surface area contributed by atoms with Crippen molar-refractivity contribution in [3.8, 4) is 11.1 Å². The molecule has 2 rings (SSSR count). The molecule has 0 N–H and O–H groups in total. The van der Waals surface area contributed by atoms with Gasteiger partial charge in [0.15, 0.2) is 0 Å². The van der Waals surface area contributed by atoms with Crippen LogP contribution in [0.2, 0.25) is 0 Å². The van der Waals surface area contributed by atoms with Gasteiger partial charge in [0.2, 0.25) is 0 Å². The topological polar surface area (TPSA) is 0 Å². The normalized spacial score (nSPS) is 12.3. The quantitative estimate of drug-likeness (QED) is 0.206. The van der Waals surface area contributed by atoms with Crippen LogP contribution in [0.1, 0.15) is 102 Å². The SMILES string of the molecule is CC(C)c1cc(C(C)C)c(-c2ccccc2P)c(C(C)C)c1.CC(Cl)CCCCCl. The highest BCUT2D eigenvalue weighted by Gasteiger charge is 2.19. The van der Waals surface area contributed by atoms with E-state index in [1.807, 2.05) is 6.92 Å². The van der Waals surface area contributed by atoms with Crippen LogP contribution in [0, 0.1) is 0 Å². The lowest BCUT2D eigenvalue weighted by atomic mass is 9.82. The first kappa shape index (κ1) is 27.5. The fourth-order valence-corrected chi connectivity index (χ4v) is 4.21. The molecule has 2 atom stereocenters. The summed E-state index contributed by atoms with van der Waals surface area (Å²) in [6.07, 6.45) is 3.35. The molecule has 0 nitrogen and oxygen atoms in total. The van der Waals surface area contributed by atoms with Gasteiger partial charge in [-0.3, -0.25) is 0 Å². The Morgan fingerprint density at radius 1 is 0.800 bits per heavy atom. The number of benzene rings is 2. The fraction of sp³-hybridized carbons (Fsp3) is 0.556. The second kappa shape index (κ2) is 13.8. The first-order valence-corrected chi connectivity index (χ1v) is 12.9. The maximum absolute atomic E-state index is 5.67. The van der Waals surface area contributed by atoms with E-state index in [0.29, 0.717) is 23.1 Å². The minimum Gasteiger partial charge on any atom is -0.127 e. The standard InChI is InChI=1S/C21H29P.C6H12Cl2/c1-13(2)16-11-18(14(3)4)21(19(12-16)15(5)6)17-9-7-8-10-20(17)22;1-6(8)4-2-3-5-7/h7-15H,22H2,1-6H3;6H,2-5H2,1H3. The van der Waals surface area contributed by atoms with Crippen molar-refractivity contribution in [3.05, 3.63) is 53.1 Å². The Hall–Kier alpha value is -0.550. The molecule has 168 valence electrons. The lowest BCUT2D eigenvalue weighted by molar-refractivity contribution is 0.711. The van der Waals surface area contributed by atoms with Gasteiger partial charge in [0.05, 0.1) is 0 Å². The zero-order valence-corrected chi connectivity index (χ0v) is 22.6. The van der Waals surface area contributed by atoms with Crippen molar-refractivity contribution in [3.63, 3.8) is 0 Å². The summed E-state index contributed by atoms with van der Waals surface area (Å²) < 4.78 is 0. The summed E-state index contributed by atoms with van der Waals surface area (Å²) in [6, 6.07) is 13.5. The van der Waals surface area contributed by atoms with Gasteiger partial charge >= 0.3 is 0 Å². The Morgan fingerprint density at radius 3 is 1.73 bits per heavy atom. The van der Waals surface area contributed by atoms with Crippen LogP contribution in [0.15, 0.2) is 36.4 Å². The largest absolute Gasteiger partial charge is 0.127 e. The molecule has 2 aromatic rings. The predicted octanol–water partition coefficient (Wildman–Crippen LogP) is 9.25. The molecule has 0 amide bonds. The molecule has 0 bridgehead atoms. The average molecular weight is 468 g/mol. The van der Waals surface area contributed by atoms with Gasteiger partial charge in [-0.15, -0.1) is 32.4 Å². The van der Waals surface area contributed by atoms with Crippen LogP contribution in [-0.4, -0.2) is 11.3 Å². The molecule has 2 unspecified atom stereocenters. The summed E-state index contributed by atoms with van der Waals surface area (Å²) in [5.41, 5.74) is 7.21. The monoisotopic (exact) mass is 466 g/mol. The second-order valence-electron chi connectivity index (χ2n) is 9.09. The zero-order chi connectivity index (χ0) is 22.8. The summed E-state index contributed by atoms with van der Waals surface area (Å²) >= 11 is 11.1. The number of rotatable bonds is 8. The minimum absolute atomic E-state index is 0.318. The Bertz CT molecular complexity index is 734. The van der Waals surface area contributed by atoms with E-state index in [2.05, 4.69) is 87.2 Å². The van der Waals surface area contributed by atoms with Crippen LogP contribution in [0.25, 0.3) is 11.1 Å². The molecule has 0 aromatic heterocycles. The van der Waals surface area contributed by atoms with E-state index in [1.165, 1.54) is 33.1 Å². The van der Waals surface area contributed by atoms with Gasteiger partial charge in [0.1, 0.15) is 0 Å². The van der Waals surface area contributed by atoms with E-state index in [4.69, 9.17) is 23.2 Å². The van der Waals surface area contributed by atoms with Crippen LogP contribution in [0.3, 0.4) is 0 Å². The molecule has 0 fully saturated rings. The molecule has 0 aliphatic rings. The van der Waals surface area contributed by atoms with E-state index in [9.17, 15) is 0 Å². The van der Waals surface area contributed by atoms with Crippen molar-refractivity contribution in [2.24, 2.45) is 0 Å². The molecular weight excluding hydrogens is 426 g/mol. The van der Waals surface area contributed by atoms with E-state index < -0.39 is 0 Å². The van der Waals surface area contributed by atoms with Crippen LogP contribution in [-0.2, 0) is 0 Å². The smallest absolute Gasteiger partial charge is 0.0307 e. The predicted molar refractivity (Wildman–Crippen MR) is 143 cm³/mol. The Balaban J connectivity index is 0.000000479.